The van der Waals surface area contributed by atoms with E-state index >= 15 is 0 Å². The van der Waals surface area contributed by atoms with Crippen molar-refractivity contribution < 1.29 is 17.9 Å². The van der Waals surface area contributed by atoms with Crippen molar-refractivity contribution in [2.75, 3.05) is 7.11 Å². The van der Waals surface area contributed by atoms with Gasteiger partial charge in [0.05, 0.1) is 17.6 Å². The zero-order valence-electron chi connectivity index (χ0n) is 12.3. The summed E-state index contributed by atoms with van der Waals surface area (Å²) in [5.74, 6) is -0.0103. The molecule has 7 heteroatoms. The first-order valence-electron chi connectivity index (χ1n) is 6.84. The second kappa shape index (κ2) is 6.03. The molecule has 2 rings (SSSR count). The Balaban J connectivity index is 2.34. The lowest BCUT2D eigenvalue weighted by Gasteiger charge is -2.13. The zero-order chi connectivity index (χ0) is 15.6. The minimum Gasteiger partial charge on any atom is -0.496 e. The molecular formula is C14H20N2O4S. The Hall–Kier alpha value is -1.60. The molecular weight excluding hydrogens is 292 g/mol. The number of rotatable bonds is 6. The molecule has 0 radical (unpaired) electrons. The van der Waals surface area contributed by atoms with E-state index < -0.39 is 10.0 Å². The summed E-state index contributed by atoms with van der Waals surface area (Å²) in [4.78, 5) is 12.2. The van der Waals surface area contributed by atoms with Crippen molar-refractivity contribution in [3.8, 4) is 5.75 Å². The highest BCUT2D eigenvalue weighted by Gasteiger charge is 2.29. The lowest BCUT2D eigenvalue weighted by atomic mass is 10.2. The van der Waals surface area contributed by atoms with Gasteiger partial charge in [0.25, 0.3) is 5.91 Å². The van der Waals surface area contributed by atoms with Crippen LogP contribution in [0, 0.1) is 0 Å². The second-order valence-electron chi connectivity index (χ2n) is 5.39. The summed E-state index contributed by atoms with van der Waals surface area (Å²) in [7, 11) is -2.15. The van der Waals surface area contributed by atoms with Crippen molar-refractivity contribution in [1.82, 2.24) is 10.0 Å². The predicted octanol–water partition coefficient (Wildman–Crippen LogP) is 1.27. The van der Waals surface area contributed by atoms with E-state index in [9.17, 15) is 13.2 Å². The molecule has 1 aliphatic carbocycles. The molecule has 116 valence electrons. The molecule has 1 aromatic rings. The monoisotopic (exact) mass is 312 g/mol. The second-order valence-corrected chi connectivity index (χ2v) is 7.10. The Morgan fingerprint density at radius 1 is 1.33 bits per heavy atom. The first-order chi connectivity index (χ1) is 9.83. The summed E-state index contributed by atoms with van der Waals surface area (Å²) in [6.45, 7) is 3.67. The normalized spacial score (nSPS) is 15.0. The van der Waals surface area contributed by atoms with E-state index in [1.807, 2.05) is 13.8 Å². The van der Waals surface area contributed by atoms with Crippen molar-refractivity contribution in [3.63, 3.8) is 0 Å². The minimum absolute atomic E-state index is 0.0186. The SMILES string of the molecule is COc1ccc(S(=O)(=O)NC2CC2)cc1C(=O)NC(C)C. The van der Waals surface area contributed by atoms with E-state index in [-0.39, 0.29) is 28.4 Å². The molecule has 2 N–H and O–H groups in total. The molecule has 0 spiro atoms. The molecule has 1 aliphatic rings. The molecule has 1 aromatic carbocycles. The molecule has 1 amide bonds. The fraction of sp³-hybridized carbons (Fsp3) is 0.500. The van der Waals surface area contributed by atoms with Gasteiger partial charge in [0.2, 0.25) is 10.0 Å². The van der Waals surface area contributed by atoms with Gasteiger partial charge in [-0.25, -0.2) is 13.1 Å². The highest BCUT2D eigenvalue weighted by molar-refractivity contribution is 7.89. The Labute approximate surface area is 124 Å². The number of benzene rings is 1. The maximum atomic E-state index is 12.2. The number of hydrogen-bond donors (Lipinski definition) is 2. The lowest BCUT2D eigenvalue weighted by molar-refractivity contribution is 0.0940. The highest BCUT2D eigenvalue weighted by atomic mass is 32.2. The van der Waals surface area contributed by atoms with Crippen molar-refractivity contribution in [3.05, 3.63) is 23.8 Å². The quantitative estimate of drug-likeness (QED) is 0.828. The van der Waals surface area contributed by atoms with Gasteiger partial charge in [0.15, 0.2) is 0 Å². The molecule has 0 aromatic heterocycles. The van der Waals surface area contributed by atoms with Crippen LogP contribution in [0.1, 0.15) is 37.0 Å². The average Bonchev–Trinajstić information content (AvgIpc) is 3.20. The number of carbonyl (C=O) groups is 1. The summed E-state index contributed by atoms with van der Waals surface area (Å²) in [5.41, 5.74) is 0.213. The van der Waals surface area contributed by atoms with Gasteiger partial charge in [-0.3, -0.25) is 4.79 Å². The number of sulfonamides is 1. The highest BCUT2D eigenvalue weighted by Crippen LogP contribution is 2.25. The Morgan fingerprint density at radius 2 is 2.00 bits per heavy atom. The fourth-order valence-corrected chi connectivity index (χ4v) is 3.19. The topological polar surface area (TPSA) is 84.5 Å². The van der Waals surface area contributed by atoms with Crippen molar-refractivity contribution >= 4 is 15.9 Å². The molecule has 1 fully saturated rings. The third kappa shape index (κ3) is 3.95. The molecule has 21 heavy (non-hydrogen) atoms. The van der Waals surface area contributed by atoms with Gasteiger partial charge in [-0.2, -0.15) is 0 Å². The number of amides is 1. The van der Waals surface area contributed by atoms with E-state index in [2.05, 4.69) is 10.0 Å². The smallest absolute Gasteiger partial charge is 0.255 e. The first kappa shape index (κ1) is 15.8. The molecule has 0 aliphatic heterocycles. The minimum atomic E-state index is -3.59. The predicted molar refractivity (Wildman–Crippen MR) is 78.9 cm³/mol. The van der Waals surface area contributed by atoms with Crippen LogP contribution in [0.4, 0.5) is 0 Å². The molecule has 0 atom stereocenters. The van der Waals surface area contributed by atoms with Crippen molar-refractivity contribution in [2.45, 2.75) is 43.7 Å². The molecule has 0 heterocycles. The van der Waals surface area contributed by atoms with E-state index in [1.54, 1.807) is 0 Å². The van der Waals surface area contributed by atoms with Crippen molar-refractivity contribution in [2.24, 2.45) is 0 Å². The first-order valence-corrected chi connectivity index (χ1v) is 8.33. The van der Waals surface area contributed by atoms with Gasteiger partial charge >= 0.3 is 0 Å². The maximum absolute atomic E-state index is 12.2. The molecule has 0 bridgehead atoms. The number of carbonyl (C=O) groups excluding carboxylic acids is 1. The van der Waals surface area contributed by atoms with Gasteiger partial charge in [-0.15, -0.1) is 0 Å². The standard InChI is InChI=1S/C14H20N2O4S/c1-9(2)15-14(17)12-8-11(6-7-13(12)20-3)21(18,19)16-10-4-5-10/h6-10,16H,4-5H2,1-3H3,(H,15,17). The van der Waals surface area contributed by atoms with Crippen LogP contribution in [-0.2, 0) is 10.0 Å². The van der Waals surface area contributed by atoms with Crippen LogP contribution in [0.15, 0.2) is 23.1 Å². The van der Waals surface area contributed by atoms with Gasteiger partial charge in [0.1, 0.15) is 5.75 Å². The Kier molecular flexibility index (Phi) is 4.53. The summed E-state index contributed by atoms with van der Waals surface area (Å²) < 4.78 is 32.1. The summed E-state index contributed by atoms with van der Waals surface area (Å²) in [5, 5.41) is 2.73. The third-order valence-corrected chi connectivity index (χ3v) is 4.56. The van der Waals surface area contributed by atoms with Crippen molar-refractivity contribution in [1.29, 1.82) is 0 Å². The van der Waals surface area contributed by atoms with Gasteiger partial charge in [-0.05, 0) is 44.9 Å². The van der Waals surface area contributed by atoms with Gasteiger partial charge in [0, 0.05) is 12.1 Å². The Bertz CT molecular complexity index is 636. The van der Waals surface area contributed by atoms with E-state index in [0.717, 1.165) is 12.8 Å². The number of nitrogens with one attached hydrogen (secondary N) is 2. The van der Waals surface area contributed by atoms with Crippen LogP contribution in [0.2, 0.25) is 0 Å². The van der Waals surface area contributed by atoms with E-state index in [0.29, 0.717) is 5.75 Å². The molecule has 6 nitrogen and oxygen atoms in total. The fourth-order valence-electron chi connectivity index (χ4n) is 1.86. The van der Waals surface area contributed by atoms with Crippen LogP contribution in [0.3, 0.4) is 0 Å². The molecule has 1 saturated carbocycles. The Morgan fingerprint density at radius 3 is 2.52 bits per heavy atom. The number of ether oxygens (including phenoxy) is 1. The zero-order valence-corrected chi connectivity index (χ0v) is 13.2. The number of hydrogen-bond acceptors (Lipinski definition) is 4. The van der Waals surface area contributed by atoms with E-state index in [4.69, 9.17) is 4.74 Å². The van der Waals surface area contributed by atoms with Crippen LogP contribution in [-0.4, -0.2) is 33.5 Å². The summed E-state index contributed by atoms with van der Waals surface area (Å²) in [6, 6.07) is 4.25. The average molecular weight is 312 g/mol. The van der Waals surface area contributed by atoms with Crippen LogP contribution < -0.4 is 14.8 Å². The third-order valence-electron chi connectivity index (χ3n) is 3.04. The number of methoxy groups -OCH3 is 1. The van der Waals surface area contributed by atoms with E-state index in [1.165, 1.54) is 25.3 Å². The van der Waals surface area contributed by atoms with Crippen LogP contribution in [0.5, 0.6) is 5.75 Å². The largest absolute Gasteiger partial charge is 0.496 e. The maximum Gasteiger partial charge on any atom is 0.255 e. The molecule has 0 unspecified atom stereocenters. The molecule has 0 saturated heterocycles. The van der Waals surface area contributed by atoms with Gasteiger partial charge < -0.3 is 10.1 Å². The summed E-state index contributed by atoms with van der Waals surface area (Å²) >= 11 is 0. The van der Waals surface area contributed by atoms with Crippen LogP contribution in [0.25, 0.3) is 0 Å². The summed E-state index contributed by atoms with van der Waals surface area (Å²) in [6.07, 6.45) is 1.71. The lowest BCUT2D eigenvalue weighted by Crippen LogP contribution is -2.31. The van der Waals surface area contributed by atoms with Gasteiger partial charge in [-0.1, -0.05) is 0 Å². The van der Waals surface area contributed by atoms with Crippen LogP contribution >= 0.6 is 0 Å².